The second-order valence-corrected chi connectivity index (χ2v) is 15.0. The van der Waals surface area contributed by atoms with Crippen molar-refractivity contribution in [2.45, 2.75) is 107 Å². The van der Waals surface area contributed by atoms with Crippen LogP contribution in [0.25, 0.3) is 11.1 Å². The molecule has 47 heavy (non-hydrogen) atoms. The number of hydrogen-bond donors (Lipinski definition) is 0. The van der Waals surface area contributed by atoms with Crippen molar-refractivity contribution in [1.82, 2.24) is 0 Å². The molecule has 5 rings (SSSR count). The van der Waals surface area contributed by atoms with E-state index in [1.54, 1.807) is 0 Å². The van der Waals surface area contributed by atoms with Gasteiger partial charge in [-0.25, -0.2) is 0 Å². The molecule has 0 saturated heterocycles. The molecular weight excluding hydrogens is 605 g/mol. The zero-order chi connectivity index (χ0) is 32.9. The lowest BCUT2D eigenvalue weighted by molar-refractivity contribution is 0.490. The van der Waals surface area contributed by atoms with Gasteiger partial charge in [-0.2, -0.15) is 0 Å². The van der Waals surface area contributed by atoms with Gasteiger partial charge in [0.15, 0.2) is 0 Å². The Kier molecular flexibility index (Phi) is 13.2. The maximum absolute atomic E-state index is 3.48. The van der Waals surface area contributed by atoms with Gasteiger partial charge in [0.1, 0.15) is 0 Å². The van der Waals surface area contributed by atoms with Gasteiger partial charge >= 0.3 is 0 Å². The van der Waals surface area contributed by atoms with E-state index in [0.717, 1.165) is 35.1 Å². The quantitative estimate of drug-likeness (QED) is 0.0754. The molecule has 0 heterocycles. The van der Waals surface area contributed by atoms with E-state index in [4.69, 9.17) is 0 Å². The minimum atomic E-state index is -0.0218. The van der Waals surface area contributed by atoms with Crippen molar-refractivity contribution >= 4 is 23.5 Å². The number of thioether (sulfide) groups is 2. The standard InChI is InChI=1S/C45H50S2/c1-5-9-11-13-31-46-39-25-19-35(20-26-39)15-17-37-23-29-41-42-30-24-38(34-44(42)45(7-3,8-4)43(41)33-37)18-16-36-21-27-40(28-22-36)47-32-14-12-10-6-2/h19-30,33-34H,5-14,31-32H2,1-4H3. The van der Waals surface area contributed by atoms with Crippen molar-refractivity contribution < 1.29 is 0 Å². The van der Waals surface area contributed by atoms with Crippen LogP contribution in [0.1, 0.15) is 125 Å². The number of fused-ring (bicyclic) bond motifs is 3. The van der Waals surface area contributed by atoms with E-state index in [1.807, 2.05) is 23.5 Å². The SMILES string of the molecule is CCCCCCSc1ccc(C#Cc2ccc3c(c2)C(CC)(CC)c2cc(C#Cc4ccc(SCCCCCC)cc4)ccc2-3)cc1. The lowest BCUT2D eigenvalue weighted by atomic mass is 9.73. The van der Waals surface area contributed by atoms with Gasteiger partial charge in [0.25, 0.3) is 0 Å². The van der Waals surface area contributed by atoms with E-state index >= 15 is 0 Å². The average Bonchev–Trinajstić information content (AvgIpc) is 3.39. The number of benzene rings is 4. The first-order chi connectivity index (χ1) is 23.1. The van der Waals surface area contributed by atoms with Crippen LogP contribution in [0.15, 0.2) is 94.7 Å². The molecule has 1 aliphatic carbocycles. The fraction of sp³-hybridized carbons (Fsp3) is 0.378. The van der Waals surface area contributed by atoms with E-state index in [0.29, 0.717) is 0 Å². The first-order valence-electron chi connectivity index (χ1n) is 17.9. The predicted octanol–water partition coefficient (Wildman–Crippen LogP) is 12.9. The van der Waals surface area contributed by atoms with Crippen LogP contribution in [-0.2, 0) is 5.41 Å². The number of unbranched alkanes of at least 4 members (excludes halogenated alkanes) is 6. The molecule has 0 bridgehead atoms. The summed E-state index contributed by atoms with van der Waals surface area (Å²) in [6.45, 7) is 9.18. The summed E-state index contributed by atoms with van der Waals surface area (Å²) in [4.78, 5) is 2.67. The molecule has 0 radical (unpaired) electrons. The summed E-state index contributed by atoms with van der Waals surface area (Å²) in [5, 5.41) is 0. The third-order valence-corrected chi connectivity index (χ3v) is 11.7. The third kappa shape index (κ3) is 8.99. The summed E-state index contributed by atoms with van der Waals surface area (Å²) in [7, 11) is 0. The Balaban J connectivity index is 1.29. The lowest BCUT2D eigenvalue weighted by Gasteiger charge is -2.29. The van der Waals surface area contributed by atoms with E-state index in [2.05, 4.69) is 136 Å². The molecule has 0 aliphatic heterocycles. The van der Waals surface area contributed by atoms with Crippen LogP contribution in [0.2, 0.25) is 0 Å². The van der Waals surface area contributed by atoms with Gasteiger partial charge in [0, 0.05) is 37.5 Å². The van der Waals surface area contributed by atoms with Crippen molar-refractivity contribution in [3.8, 4) is 34.8 Å². The molecule has 4 aromatic rings. The van der Waals surface area contributed by atoms with Gasteiger partial charge in [-0.3, -0.25) is 0 Å². The van der Waals surface area contributed by atoms with Gasteiger partial charge in [-0.1, -0.05) is 102 Å². The van der Waals surface area contributed by atoms with Crippen LogP contribution in [0, 0.1) is 23.7 Å². The Morgan fingerprint density at radius 1 is 0.447 bits per heavy atom. The van der Waals surface area contributed by atoms with E-state index in [1.165, 1.54) is 94.9 Å². The molecule has 0 amide bonds. The van der Waals surface area contributed by atoms with E-state index < -0.39 is 0 Å². The lowest BCUT2D eigenvalue weighted by Crippen LogP contribution is -2.23. The molecule has 0 fully saturated rings. The van der Waals surface area contributed by atoms with Crippen LogP contribution in [-0.4, -0.2) is 11.5 Å². The van der Waals surface area contributed by atoms with Crippen molar-refractivity contribution in [1.29, 1.82) is 0 Å². The molecule has 0 spiro atoms. The van der Waals surface area contributed by atoms with Crippen LogP contribution in [0.5, 0.6) is 0 Å². The molecule has 242 valence electrons. The highest BCUT2D eigenvalue weighted by atomic mass is 32.2. The van der Waals surface area contributed by atoms with Crippen LogP contribution < -0.4 is 0 Å². The van der Waals surface area contributed by atoms with Crippen molar-refractivity contribution in [2.24, 2.45) is 0 Å². The first-order valence-corrected chi connectivity index (χ1v) is 19.9. The predicted molar refractivity (Wildman–Crippen MR) is 208 cm³/mol. The molecule has 1 aliphatic rings. The number of rotatable bonds is 14. The van der Waals surface area contributed by atoms with Gasteiger partial charge in [0.05, 0.1) is 0 Å². The zero-order valence-electron chi connectivity index (χ0n) is 28.9. The molecule has 0 saturated carbocycles. The normalized spacial score (nSPS) is 12.4. The van der Waals surface area contributed by atoms with E-state index in [9.17, 15) is 0 Å². The maximum atomic E-state index is 3.48. The molecule has 2 heteroatoms. The summed E-state index contributed by atoms with van der Waals surface area (Å²) < 4.78 is 0. The van der Waals surface area contributed by atoms with E-state index in [-0.39, 0.29) is 5.41 Å². The van der Waals surface area contributed by atoms with Crippen LogP contribution in [0.4, 0.5) is 0 Å². The molecule has 0 atom stereocenters. The first kappa shape index (κ1) is 35.0. The Morgan fingerprint density at radius 3 is 1.21 bits per heavy atom. The zero-order valence-corrected chi connectivity index (χ0v) is 30.5. The molecule has 0 unspecified atom stereocenters. The summed E-state index contributed by atoms with van der Waals surface area (Å²) in [6, 6.07) is 31.2. The van der Waals surface area contributed by atoms with Crippen molar-refractivity contribution in [3.05, 3.63) is 118 Å². The summed E-state index contributed by atoms with van der Waals surface area (Å²) in [5.41, 5.74) is 9.79. The highest BCUT2D eigenvalue weighted by molar-refractivity contribution is 7.99. The molecule has 4 aromatic carbocycles. The largest absolute Gasteiger partial charge is 0.126 e. The highest BCUT2D eigenvalue weighted by Crippen LogP contribution is 2.53. The summed E-state index contributed by atoms with van der Waals surface area (Å²) in [5.74, 6) is 16.2. The summed E-state index contributed by atoms with van der Waals surface area (Å²) >= 11 is 3.91. The highest BCUT2D eigenvalue weighted by Gasteiger charge is 2.40. The van der Waals surface area contributed by atoms with Gasteiger partial charge < -0.3 is 0 Å². The molecule has 0 nitrogen and oxygen atoms in total. The third-order valence-electron chi connectivity index (χ3n) is 9.51. The minimum Gasteiger partial charge on any atom is -0.126 e. The second kappa shape index (κ2) is 17.7. The summed E-state index contributed by atoms with van der Waals surface area (Å²) in [6.07, 6.45) is 12.6. The monoisotopic (exact) mass is 654 g/mol. The van der Waals surface area contributed by atoms with Gasteiger partial charge in [-0.15, -0.1) is 23.5 Å². The van der Waals surface area contributed by atoms with Crippen molar-refractivity contribution in [2.75, 3.05) is 11.5 Å². The molecular formula is C45H50S2. The topological polar surface area (TPSA) is 0 Å². The Morgan fingerprint density at radius 2 is 0.830 bits per heavy atom. The average molecular weight is 655 g/mol. The Hall–Kier alpha value is -3.30. The number of hydrogen-bond acceptors (Lipinski definition) is 2. The minimum absolute atomic E-state index is 0.0218. The second-order valence-electron chi connectivity index (χ2n) is 12.7. The Bertz CT molecular complexity index is 1590. The van der Waals surface area contributed by atoms with Gasteiger partial charge in [0.2, 0.25) is 0 Å². The van der Waals surface area contributed by atoms with Gasteiger partial charge in [-0.05, 0) is 132 Å². The fourth-order valence-electron chi connectivity index (χ4n) is 6.66. The maximum Gasteiger partial charge on any atom is 0.0252 e. The molecule has 0 aromatic heterocycles. The van der Waals surface area contributed by atoms with Crippen LogP contribution >= 0.6 is 23.5 Å². The van der Waals surface area contributed by atoms with Crippen molar-refractivity contribution in [3.63, 3.8) is 0 Å². The Labute approximate surface area is 294 Å². The molecule has 0 N–H and O–H groups in total. The smallest absolute Gasteiger partial charge is 0.0252 e. The van der Waals surface area contributed by atoms with Crippen LogP contribution in [0.3, 0.4) is 0 Å². The fourth-order valence-corrected chi connectivity index (χ4v) is 8.48.